The Kier molecular flexibility index (Phi) is 7.78. The van der Waals surface area contributed by atoms with E-state index in [-0.39, 0.29) is 26.2 Å². The molecule has 38 heavy (non-hydrogen) atoms. The third kappa shape index (κ3) is 6.05. The van der Waals surface area contributed by atoms with Gasteiger partial charge in [0.05, 0.1) is 21.3 Å². The summed E-state index contributed by atoms with van der Waals surface area (Å²) >= 11 is 7.02. The lowest BCUT2D eigenvalue weighted by atomic mass is 10.0. The number of halogens is 4. The highest BCUT2D eigenvalue weighted by atomic mass is 35.5. The number of piperidine rings is 2. The molecule has 2 aliphatic rings. The molecule has 1 aromatic heterocycles. The van der Waals surface area contributed by atoms with Gasteiger partial charge in [0, 0.05) is 24.2 Å². The SMILES string of the molecule is O=C(Nc1nc2ccc(C(F)(F)F)cc2s1)c1cc(Cl)ccc1OC(=O)N1CCC(N2CCCCC2)CC1. The van der Waals surface area contributed by atoms with Crippen LogP contribution < -0.4 is 10.1 Å². The lowest BCUT2D eigenvalue weighted by molar-refractivity contribution is -0.137. The van der Waals surface area contributed by atoms with Crippen molar-refractivity contribution in [2.75, 3.05) is 31.5 Å². The molecule has 2 saturated heterocycles. The van der Waals surface area contributed by atoms with Crippen LogP contribution in [-0.2, 0) is 6.18 Å². The average molecular weight is 567 g/mol. The van der Waals surface area contributed by atoms with Gasteiger partial charge in [0.1, 0.15) is 5.75 Å². The monoisotopic (exact) mass is 566 g/mol. The van der Waals surface area contributed by atoms with Crippen molar-refractivity contribution in [1.82, 2.24) is 14.8 Å². The summed E-state index contributed by atoms with van der Waals surface area (Å²) in [5.74, 6) is -0.607. The van der Waals surface area contributed by atoms with Crippen LogP contribution >= 0.6 is 22.9 Å². The van der Waals surface area contributed by atoms with Gasteiger partial charge in [-0.1, -0.05) is 29.4 Å². The van der Waals surface area contributed by atoms with Crippen LogP contribution in [0.3, 0.4) is 0 Å². The number of hydrogen-bond donors (Lipinski definition) is 1. The maximum absolute atomic E-state index is 13.1. The summed E-state index contributed by atoms with van der Waals surface area (Å²) in [7, 11) is 0. The van der Waals surface area contributed by atoms with E-state index in [2.05, 4.69) is 15.2 Å². The lowest BCUT2D eigenvalue weighted by Gasteiger charge is -2.39. The molecule has 0 spiro atoms. The third-order valence-corrected chi connectivity index (χ3v) is 8.12. The highest BCUT2D eigenvalue weighted by Gasteiger charge is 2.31. The second-order valence-corrected chi connectivity index (χ2v) is 10.9. The first-order valence-electron chi connectivity index (χ1n) is 12.5. The first-order chi connectivity index (χ1) is 18.2. The fourth-order valence-electron chi connectivity index (χ4n) is 4.94. The first-order valence-corrected chi connectivity index (χ1v) is 13.7. The molecule has 2 aliphatic heterocycles. The van der Waals surface area contributed by atoms with Gasteiger partial charge in [-0.05, 0) is 75.2 Å². The van der Waals surface area contributed by atoms with Crippen molar-refractivity contribution in [3.05, 3.63) is 52.5 Å². The van der Waals surface area contributed by atoms with Crippen molar-refractivity contribution in [3.63, 3.8) is 0 Å². The van der Waals surface area contributed by atoms with E-state index in [1.54, 1.807) is 4.90 Å². The fraction of sp³-hybridized carbons (Fsp3) is 0.423. The quantitative estimate of drug-likeness (QED) is 0.382. The van der Waals surface area contributed by atoms with Crippen LogP contribution in [-0.4, -0.2) is 59.0 Å². The van der Waals surface area contributed by atoms with Crippen LogP contribution in [0.15, 0.2) is 36.4 Å². The van der Waals surface area contributed by atoms with E-state index in [1.807, 2.05) is 0 Å². The molecular weight excluding hydrogens is 541 g/mol. The Bertz CT molecular complexity index is 1340. The normalized spacial score (nSPS) is 17.5. The molecule has 3 aromatic rings. The number of nitrogens with zero attached hydrogens (tertiary/aromatic N) is 3. The Morgan fingerprint density at radius 2 is 1.76 bits per heavy atom. The molecule has 2 amide bonds. The highest BCUT2D eigenvalue weighted by molar-refractivity contribution is 7.22. The number of amides is 2. The van der Waals surface area contributed by atoms with Gasteiger partial charge in [0.25, 0.3) is 5.91 Å². The molecular formula is C26H26ClF3N4O3S. The van der Waals surface area contributed by atoms with Crippen LogP contribution in [0.25, 0.3) is 10.2 Å². The van der Waals surface area contributed by atoms with Gasteiger partial charge >= 0.3 is 12.3 Å². The van der Waals surface area contributed by atoms with Gasteiger partial charge in [0.2, 0.25) is 0 Å². The number of carbonyl (C=O) groups excluding carboxylic acids is 2. The molecule has 0 saturated carbocycles. The number of benzene rings is 2. The Labute approximate surface area is 226 Å². The molecule has 7 nitrogen and oxygen atoms in total. The number of rotatable bonds is 4. The number of alkyl halides is 3. The van der Waals surface area contributed by atoms with E-state index >= 15 is 0 Å². The predicted octanol–water partition coefficient (Wildman–Crippen LogP) is 6.67. The fourth-order valence-corrected chi connectivity index (χ4v) is 6.02. The Hall–Kier alpha value is -2.89. The average Bonchev–Trinajstić information content (AvgIpc) is 3.31. The number of likely N-dealkylation sites (tertiary alicyclic amines) is 2. The standard InChI is InChI=1S/C26H26ClF3N4O3S/c27-17-5-7-21(37-25(36)34-12-8-18(9-13-34)33-10-2-1-3-11-33)19(15-17)23(35)32-24-31-20-6-4-16(26(28,29)30)14-22(20)38-24/h4-7,14-15,18H,1-3,8-13H2,(H,31,32,35). The van der Waals surface area contributed by atoms with Crippen LogP contribution in [0.5, 0.6) is 5.75 Å². The summed E-state index contributed by atoms with van der Waals surface area (Å²) in [6, 6.07) is 7.99. The van der Waals surface area contributed by atoms with Crippen molar-refractivity contribution in [2.24, 2.45) is 0 Å². The Morgan fingerprint density at radius 1 is 1.03 bits per heavy atom. The van der Waals surface area contributed by atoms with E-state index in [1.165, 1.54) is 43.5 Å². The maximum atomic E-state index is 13.1. The molecule has 5 rings (SSSR count). The van der Waals surface area contributed by atoms with Crippen molar-refractivity contribution in [1.29, 1.82) is 0 Å². The van der Waals surface area contributed by atoms with Crippen LogP contribution in [0.4, 0.5) is 23.1 Å². The van der Waals surface area contributed by atoms with E-state index in [4.69, 9.17) is 16.3 Å². The molecule has 0 atom stereocenters. The van der Waals surface area contributed by atoms with Crippen molar-refractivity contribution >= 4 is 50.3 Å². The van der Waals surface area contributed by atoms with E-state index in [9.17, 15) is 22.8 Å². The molecule has 3 heterocycles. The molecule has 0 radical (unpaired) electrons. The van der Waals surface area contributed by atoms with Crippen molar-refractivity contribution in [2.45, 2.75) is 44.3 Å². The maximum Gasteiger partial charge on any atom is 0.416 e. The zero-order chi connectivity index (χ0) is 26.9. The predicted molar refractivity (Wildman–Crippen MR) is 140 cm³/mol. The Balaban J connectivity index is 1.25. The van der Waals surface area contributed by atoms with Gasteiger partial charge in [-0.2, -0.15) is 13.2 Å². The smallest absolute Gasteiger partial charge is 0.409 e. The molecule has 0 unspecified atom stereocenters. The largest absolute Gasteiger partial charge is 0.416 e. The summed E-state index contributed by atoms with van der Waals surface area (Å²) in [4.78, 5) is 34.3. The van der Waals surface area contributed by atoms with Gasteiger partial charge < -0.3 is 14.5 Å². The molecule has 0 bridgehead atoms. The van der Waals surface area contributed by atoms with Crippen LogP contribution in [0.2, 0.25) is 5.02 Å². The van der Waals surface area contributed by atoms with Crippen molar-refractivity contribution < 1.29 is 27.5 Å². The topological polar surface area (TPSA) is 74.8 Å². The summed E-state index contributed by atoms with van der Waals surface area (Å²) < 4.78 is 45.0. The number of aromatic nitrogens is 1. The zero-order valence-electron chi connectivity index (χ0n) is 20.4. The summed E-state index contributed by atoms with van der Waals surface area (Å²) in [5.41, 5.74) is -0.455. The molecule has 202 valence electrons. The molecule has 2 fully saturated rings. The number of nitrogens with one attached hydrogen (secondary N) is 1. The number of hydrogen-bond acceptors (Lipinski definition) is 6. The number of thiazole rings is 1. The summed E-state index contributed by atoms with van der Waals surface area (Å²) in [5, 5.41) is 2.96. The minimum Gasteiger partial charge on any atom is -0.409 e. The molecule has 2 aromatic carbocycles. The van der Waals surface area contributed by atoms with Gasteiger partial charge in [0.15, 0.2) is 5.13 Å². The van der Waals surface area contributed by atoms with Crippen LogP contribution in [0.1, 0.15) is 48.0 Å². The lowest BCUT2D eigenvalue weighted by Crippen LogP contribution is -2.48. The van der Waals surface area contributed by atoms with Crippen LogP contribution in [0, 0.1) is 0 Å². The molecule has 12 heteroatoms. The zero-order valence-corrected chi connectivity index (χ0v) is 22.0. The molecule has 1 N–H and O–H groups in total. The number of carbonyl (C=O) groups is 2. The van der Waals surface area contributed by atoms with E-state index < -0.39 is 23.7 Å². The second-order valence-electron chi connectivity index (χ2n) is 9.48. The first kappa shape index (κ1) is 26.7. The summed E-state index contributed by atoms with van der Waals surface area (Å²) in [6.07, 6.45) is 0.427. The third-order valence-electron chi connectivity index (χ3n) is 6.95. The van der Waals surface area contributed by atoms with Gasteiger partial charge in [-0.3, -0.25) is 10.1 Å². The number of anilines is 1. The minimum absolute atomic E-state index is 0.0179. The summed E-state index contributed by atoms with van der Waals surface area (Å²) in [6.45, 7) is 3.36. The number of fused-ring (bicyclic) bond motifs is 1. The number of ether oxygens (including phenoxy) is 1. The van der Waals surface area contributed by atoms with Gasteiger partial charge in [-0.25, -0.2) is 9.78 Å². The second kappa shape index (κ2) is 11.1. The van der Waals surface area contributed by atoms with E-state index in [0.29, 0.717) is 24.6 Å². The minimum atomic E-state index is -4.48. The van der Waals surface area contributed by atoms with Crippen molar-refractivity contribution in [3.8, 4) is 5.75 Å². The molecule has 0 aliphatic carbocycles. The highest BCUT2D eigenvalue weighted by Crippen LogP contribution is 2.35. The Morgan fingerprint density at radius 3 is 2.47 bits per heavy atom. The van der Waals surface area contributed by atoms with Gasteiger partial charge in [-0.15, -0.1) is 0 Å². The van der Waals surface area contributed by atoms with E-state index in [0.717, 1.165) is 49.4 Å².